The number of thiophene rings is 1. The Bertz CT molecular complexity index is 736. The van der Waals surface area contributed by atoms with Crippen molar-refractivity contribution in [1.29, 1.82) is 0 Å². The molecule has 23 heavy (non-hydrogen) atoms. The first-order valence-electron chi connectivity index (χ1n) is 7.21. The summed E-state index contributed by atoms with van der Waals surface area (Å²) in [5.74, 6) is -1.28. The highest BCUT2D eigenvalue weighted by molar-refractivity contribution is 7.14. The molecule has 5 nitrogen and oxygen atoms in total. The van der Waals surface area contributed by atoms with Crippen LogP contribution in [0.15, 0.2) is 24.3 Å². The number of nitrogens with one attached hydrogen (secondary N) is 1. The zero-order valence-corrected chi connectivity index (χ0v) is 14.1. The Balaban J connectivity index is 2.26. The molecule has 0 saturated heterocycles. The largest absolute Gasteiger partial charge is 0.478 e. The topological polar surface area (TPSA) is 75.6 Å². The van der Waals surface area contributed by atoms with Crippen molar-refractivity contribution in [2.24, 2.45) is 0 Å². The highest BCUT2D eigenvalue weighted by Gasteiger charge is 2.14. The summed E-state index contributed by atoms with van der Waals surface area (Å²) in [5.41, 5.74) is 2.36. The Morgan fingerprint density at radius 2 is 2.00 bits per heavy atom. The predicted octanol–water partition coefficient (Wildman–Crippen LogP) is 3.72. The number of carboxylic acid groups (broad SMARTS) is 1. The van der Waals surface area contributed by atoms with Gasteiger partial charge in [-0.2, -0.15) is 0 Å². The van der Waals surface area contributed by atoms with E-state index < -0.39 is 5.97 Å². The normalized spacial score (nSPS) is 10.6. The maximum atomic E-state index is 12.4. The average Bonchev–Trinajstić information content (AvgIpc) is 2.88. The fourth-order valence-electron chi connectivity index (χ4n) is 2.31. The van der Waals surface area contributed by atoms with E-state index in [2.05, 4.69) is 5.32 Å². The van der Waals surface area contributed by atoms with Gasteiger partial charge in [0.05, 0.1) is 17.0 Å². The second-order valence-corrected chi connectivity index (χ2v) is 6.32. The van der Waals surface area contributed by atoms with E-state index in [-0.39, 0.29) is 18.1 Å². The van der Waals surface area contributed by atoms with Crippen molar-refractivity contribution in [3.05, 3.63) is 50.7 Å². The summed E-state index contributed by atoms with van der Waals surface area (Å²) in [6.45, 7) is 4.31. The molecule has 1 heterocycles. The maximum Gasteiger partial charge on any atom is 0.335 e. The van der Waals surface area contributed by atoms with E-state index in [1.807, 2.05) is 19.9 Å². The van der Waals surface area contributed by atoms with Gasteiger partial charge in [0.2, 0.25) is 0 Å². The number of carbonyl (C=O) groups excluding carboxylic acids is 1. The van der Waals surface area contributed by atoms with Gasteiger partial charge < -0.3 is 15.2 Å². The smallest absolute Gasteiger partial charge is 0.335 e. The minimum atomic E-state index is -1.04. The van der Waals surface area contributed by atoms with Gasteiger partial charge >= 0.3 is 5.97 Å². The molecule has 0 fully saturated rings. The molecule has 0 aliphatic heterocycles. The van der Waals surface area contributed by atoms with Gasteiger partial charge in [0.25, 0.3) is 5.91 Å². The highest BCUT2D eigenvalue weighted by Crippen LogP contribution is 2.24. The van der Waals surface area contributed by atoms with Crippen LogP contribution in [0.2, 0.25) is 0 Å². The van der Waals surface area contributed by atoms with E-state index in [4.69, 9.17) is 4.74 Å². The van der Waals surface area contributed by atoms with Crippen LogP contribution in [0.25, 0.3) is 0 Å². The van der Waals surface area contributed by atoms with Crippen molar-refractivity contribution >= 4 is 28.9 Å². The molecule has 1 aromatic heterocycles. The molecule has 0 aliphatic carbocycles. The quantitative estimate of drug-likeness (QED) is 0.845. The maximum absolute atomic E-state index is 12.4. The third-order valence-corrected chi connectivity index (χ3v) is 4.75. The van der Waals surface area contributed by atoms with E-state index in [0.29, 0.717) is 16.1 Å². The van der Waals surface area contributed by atoms with Gasteiger partial charge in [0, 0.05) is 17.7 Å². The summed E-state index contributed by atoms with van der Waals surface area (Å²) < 4.78 is 5.04. The molecule has 0 aliphatic rings. The lowest BCUT2D eigenvalue weighted by Crippen LogP contribution is -2.11. The lowest BCUT2D eigenvalue weighted by atomic mass is 10.1. The van der Waals surface area contributed by atoms with E-state index in [1.165, 1.54) is 35.5 Å². The number of carboxylic acids is 1. The molecule has 0 radical (unpaired) electrons. The highest BCUT2D eigenvalue weighted by atomic mass is 32.1. The number of ether oxygens (including phenoxy) is 1. The minimum Gasteiger partial charge on any atom is -0.478 e. The Morgan fingerprint density at radius 3 is 2.57 bits per heavy atom. The molecule has 0 bridgehead atoms. The number of hydrogen-bond acceptors (Lipinski definition) is 4. The number of benzene rings is 1. The van der Waals surface area contributed by atoms with Crippen molar-refractivity contribution in [1.82, 2.24) is 0 Å². The summed E-state index contributed by atoms with van der Waals surface area (Å²) >= 11 is 1.46. The SMILES string of the molecule is CCc1sc(C(=O)Nc2cc(COC)cc(C(=O)O)c2)cc1C. The molecule has 1 amide bonds. The Labute approximate surface area is 138 Å². The van der Waals surface area contributed by atoms with Gasteiger partial charge in [-0.05, 0) is 48.7 Å². The summed E-state index contributed by atoms with van der Waals surface area (Å²) in [6, 6.07) is 6.55. The Morgan fingerprint density at radius 1 is 1.26 bits per heavy atom. The van der Waals surface area contributed by atoms with Gasteiger partial charge in [-0.1, -0.05) is 6.92 Å². The van der Waals surface area contributed by atoms with Crippen LogP contribution in [0.5, 0.6) is 0 Å². The number of amides is 1. The fraction of sp³-hybridized carbons (Fsp3) is 0.294. The molecule has 2 aromatic rings. The number of carbonyl (C=O) groups is 2. The summed E-state index contributed by atoms with van der Waals surface area (Å²) in [5, 5.41) is 11.9. The molecule has 2 rings (SSSR count). The lowest BCUT2D eigenvalue weighted by Gasteiger charge is -2.08. The Kier molecular flexibility index (Phi) is 5.52. The zero-order chi connectivity index (χ0) is 17.0. The van der Waals surface area contributed by atoms with Crippen LogP contribution in [0, 0.1) is 6.92 Å². The molecule has 122 valence electrons. The minimum absolute atomic E-state index is 0.117. The third-order valence-electron chi connectivity index (χ3n) is 3.37. The van der Waals surface area contributed by atoms with Gasteiger partial charge in [-0.25, -0.2) is 4.79 Å². The average molecular weight is 333 g/mol. The predicted molar refractivity (Wildman–Crippen MR) is 90.5 cm³/mol. The second kappa shape index (κ2) is 7.39. The molecule has 0 saturated carbocycles. The monoisotopic (exact) mass is 333 g/mol. The van der Waals surface area contributed by atoms with E-state index in [0.717, 1.165) is 12.0 Å². The van der Waals surface area contributed by atoms with Crippen LogP contribution in [0.3, 0.4) is 0 Å². The fourth-order valence-corrected chi connectivity index (χ4v) is 3.32. The van der Waals surface area contributed by atoms with E-state index in [9.17, 15) is 14.7 Å². The number of aryl methyl sites for hydroxylation is 2. The third kappa shape index (κ3) is 4.18. The van der Waals surface area contributed by atoms with Crippen molar-refractivity contribution < 1.29 is 19.4 Å². The van der Waals surface area contributed by atoms with E-state index in [1.54, 1.807) is 6.07 Å². The number of rotatable bonds is 6. The van der Waals surface area contributed by atoms with Crippen LogP contribution >= 0.6 is 11.3 Å². The van der Waals surface area contributed by atoms with Gasteiger partial charge in [-0.3, -0.25) is 4.79 Å². The van der Waals surface area contributed by atoms with Crippen molar-refractivity contribution in [2.75, 3.05) is 12.4 Å². The first-order chi connectivity index (χ1) is 10.9. The van der Waals surface area contributed by atoms with Gasteiger partial charge in [0.15, 0.2) is 0 Å². The van der Waals surface area contributed by atoms with Crippen molar-refractivity contribution in [3.8, 4) is 0 Å². The molecule has 1 aromatic carbocycles. The number of aromatic carboxylic acids is 1. The van der Waals surface area contributed by atoms with Crippen LogP contribution in [-0.2, 0) is 17.8 Å². The van der Waals surface area contributed by atoms with Gasteiger partial charge in [0.1, 0.15) is 0 Å². The molecule has 2 N–H and O–H groups in total. The molecule has 0 atom stereocenters. The summed E-state index contributed by atoms with van der Waals surface area (Å²) in [4.78, 5) is 25.4. The molecule has 0 spiro atoms. The number of methoxy groups -OCH3 is 1. The van der Waals surface area contributed by atoms with E-state index >= 15 is 0 Å². The molecular weight excluding hydrogens is 314 g/mol. The summed E-state index contributed by atoms with van der Waals surface area (Å²) in [6.07, 6.45) is 0.885. The zero-order valence-electron chi connectivity index (χ0n) is 13.3. The lowest BCUT2D eigenvalue weighted by molar-refractivity contribution is 0.0696. The van der Waals surface area contributed by atoms with Crippen LogP contribution in [0.4, 0.5) is 5.69 Å². The van der Waals surface area contributed by atoms with Gasteiger partial charge in [-0.15, -0.1) is 11.3 Å². The van der Waals surface area contributed by atoms with Crippen LogP contribution < -0.4 is 5.32 Å². The molecule has 0 unspecified atom stereocenters. The second-order valence-electron chi connectivity index (χ2n) is 5.18. The standard InChI is InChI=1S/C17H19NO4S/c1-4-14-10(2)5-15(23-14)16(19)18-13-7-11(9-22-3)6-12(8-13)17(20)21/h5-8H,4,9H2,1-3H3,(H,18,19)(H,20,21). The van der Waals surface area contributed by atoms with Crippen molar-refractivity contribution in [3.63, 3.8) is 0 Å². The number of hydrogen-bond donors (Lipinski definition) is 2. The first-order valence-corrected chi connectivity index (χ1v) is 8.03. The number of anilines is 1. The van der Waals surface area contributed by atoms with Crippen LogP contribution in [-0.4, -0.2) is 24.1 Å². The first kappa shape index (κ1) is 17.2. The van der Waals surface area contributed by atoms with Crippen LogP contribution in [0.1, 0.15) is 43.0 Å². The summed E-state index contributed by atoms with van der Waals surface area (Å²) in [7, 11) is 1.53. The van der Waals surface area contributed by atoms with Crippen molar-refractivity contribution in [2.45, 2.75) is 26.9 Å². The Hall–Kier alpha value is -2.18. The molecule has 6 heteroatoms. The molecular formula is C17H19NO4S.